The fraction of sp³-hybridized carbons (Fsp3) is 0.704. The molecule has 2 bridgehead atoms. The minimum Gasteiger partial charge on any atom is -0.462 e. The summed E-state index contributed by atoms with van der Waals surface area (Å²) in [4.78, 5) is 141. The summed E-state index contributed by atoms with van der Waals surface area (Å²) in [6, 6.07) is -1.20. The molecule has 2 saturated heterocycles. The number of nitrogens with zero attached hydrogens (tertiary/aromatic N) is 1. The van der Waals surface area contributed by atoms with E-state index in [2.05, 4.69) is 0 Å². The molecule has 4 fully saturated rings. The van der Waals surface area contributed by atoms with Gasteiger partial charge in [-0.25, -0.2) is 9.59 Å². The molecule has 9 rings (SSSR count). The van der Waals surface area contributed by atoms with Crippen LogP contribution < -0.4 is 0 Å². The standard InChI is InChI=1S/C81H113NO22/c1-45-23-17-16-18-24-46(2)60(96-12)40-55-31-28-51(7)81(94,104-55)75(90)76(91)82-36-22-21-25-58(82)78(93)101-61(41-59(84)47(3)38-50(6)71(88)74(97-13)70(87)49(5)37-45)48(4)39-53-29-32-54(33-30-53)100-65(85)26-19-14-15-20-27-66(86)102-63-35-34-57-67-69(62(99-52(8)83)42-79(57,63)9)80(10)64(44-95-11)103-77(92)56-43-98-73(68(56)80)72(67)89/h16-18,23-24,38,43,45,47-49,51,53-55,57-58,60-64,71,74,88,94H,14-15,19-22,25-37,39-42,44H2,1-13H3/b18-16+,23-17+,46-24+,50-38+/t45-,47-,48-,49-,51-,53?,54?,55+,57?,58+,60+,61+,62-,63+,64-,71-,74+,79+,80+,81-/m1/s1. The molecule has 1 aromatic rings. The zero-order valence-corrected chi connectivity index (χ0v) is 63.3. The topological polar surface area (TPSA) is 311 Å². The van der Waals surface area contributed by atoms with Gasteiger partial charge in [0.25, 0.3) is 11.7 Å². The minimum absolute atomic E-state index is 0.0139. The molecule has 2 N–H and O–H groups in total. The molecule has 104 heavy (non-hydrogen) atoms. The highest BCUT2D eigenvalue weighted by Gasteiger charge is 2.65. The molecular weight excluding hydrogens is 1340 g/mol. The molecule has 574 valence electrons. The molecule has 18 atom stereocenters. The van der Waals surface area contributed by atoms with E-state index in [4.69, 9.17) is 47.0 Å². The van der Waals surface area contributed by atoms with E-state index >= 15 is 0 Å². The quantitative estimate of drug-likeness (QED) is 0.0481. The Balaban J connectivity index is 0.792. The highest BCUT2D eigenvalue weighted by Crippen LogP contribution is 2.63. The predicted molar refractivity (Wildman–Crippen MR) is 380 cm³/mol. The van der Waals surface area contributed by atoms with Gasteiger partial charge in [-0.15, -0.1) is 0 Å². The summed E-state index contributed by atoms with van der Waals surface area (Å²) in [7, 11) is 4.43. The van der Waals surface area contributed by atoms with Gasteiger partial charge >= 0.3 is 29.8 Å². The van der Waals surface area contributed by atoms with E-state index in [9.17, 15) is 58.2 Å². The van der Waals surface area contributed by atoms with Gasteiger partial charge in [0.2, 0.25) is 11.6 Å². The van der Waals surface area contributed by atoms with E-state index in [1.165, 1.54) is 32.3 Å². The number of furan rings is 1. The Morgan fingerprint density at radius 1 is 0.769 bits per heavy atom. The Bertz CT molecular complexity index is 3490. The number of methoxy groups -OCH3 is 3. The summed E-state index contributed by atoms with van der Waals surface area (Å²) in [5, 5.41) is 23.8. The fourth-order valence-corrected chi connectivity index (χ4v) is 17.9. The van der Waals surface area contributed by atoms with Gasteiger partial charge in [-0.2, -0.15) is 0 Å². The molecule has 23 heteroatoms. The maximum atomic E-state index is 14.7. The second-order valence-electron chi connectivity index (χ2n) is 31.6. The van der Waals surface area contributed by atoms with Gasteiger partial charge in [0, 0.05) is 94.8 Å². The second kappa shape index (κ2) is 35.3. The first-order chi connectivity index (χ1) is 49.4. The number of aliphatic hydroxyl groups excluding tert-OH is 1. The van der Waals surface area contributed by atoms with Crippen molar-refractivity contribution in [3.8, 4) is 0 Å². The van der Waals surface area contributed by atoms with Crippen molar-refractivity contribution in [2.24, 2.45) is 46.8 Å². The van der Waals surface area contributed by atoms with Crippen LogP contribution in [0.1, 0.15) is 237 Å². The summed E-state index contributed by atoms with van der Waals surface area (Å²) < 4.78 is 59.7. The van der Waals surface area contributed by atoms with Crippen molar-refractivity contribution in [3.05, 3.63) is 81.9 Å². The second-order valence-corrected chi connectivity index (χ2v) is 31.6. The van der Waals surface area contributed by atoms with Gasteiger partial charge in [-0.1, -0.05) is 90.8 Å². The lowest BCUT2D eigenvalue weighted by atomic mass is 9.54. The van der Waals surface area contributed by atoms with Crippen molar-refractivity contribution in [3.63, 3.8) is 0 Å². The average molecular weight is 1450 g/mol. The van der Waals surface area contributed by atoms with Crippen LogP contribution in [-0.2, 0) is 86.4 Å². The molecule has 4 aliphatic carbocycles. The van der Waals surface area contributed by atoms with Crippen LogP contribution in [0.4, 0.5) is 0 Å². The number of hydrogen-bond donors (Lipinski definition) is 2. The molecular formula is C81H113NO22. The molecule has 4 aliphatic heterocycles. The van der Waals surface area contributed by atoms with Crippen LogP contribution in [0, 0.1) is 46.8 Å². The summed E-state index contributed by atoms with van der Waals surface area (Å²) in [5.41, 5.74) is 0.861. The Labute approximate surface area is 612 Å². The van der Waals surface area contributed by atoms with Gasteiger partial charge < -0.3 is 62.2 Å². The van der Waals surface area contributed by atoms with Crippen molar-refractivity contribution in [1.82, 2.24) is 4.90 Å². The van der Waals surface area contributed by atoms with Gasteiger partial charge in [0.15, 0.2) is 11.5 Å². The molecule has 5 heterocycles. The first-order valence-corrected chi connectivity index (χ1v) is 38.0. The number of carbonyl (C=O) groups is 10. The lowest BCUT2D eigenvalue weighted by Gasteiger charge is -2.52. The first-order valence-electron chi connectivity index (χ1n) is 38.0. The summed E-state index contributed by atoms with van der Waals surface area (Å²) >= 11 is 0. The number of esters is 5. The lowest BCUT2D eigenvalue weighted by Crippen LogP contribution is -2.61. The monoisotopic (exact) mass is 1450 g/mol. The molecule has 0 spiro atoms. The number of carbonyl (C=O) groups excluding carboxylic acids is 10. The third kappa shape index (κ3) is 17.9. The largest absolute Gasteiger partial charge is 0.462 e. The number of Topliss-reactive ketones (excluding diaryl/α,β-unsaturated/α-hetero) is 4. The number of rotatable bonds is 17. The van der Waals surface area contributed by atoms with E-state index in [1.54, 1.807) is 40.9 Å². The molecule has 23 nitrogen and oxygen atoms in total. The summed E-state index contributed by atoms with van der Waals surface area (Å²) in [6.45, 7) is 17.8. The zero-order valence-electron chi connectivity index (χ0n) is 63.3. The number of amides is 1. The van der Waals surface area contributed by atoms with Crippen LogP contribution >= 0.6 is 0 Å². The number of cyclic esters (lactones) is 2. The molecule has 1 aromatic heterocycles. The molecule has 8 aliphatic rings. The maximum Gasteiger partial charge on any atom is 0.342 e. The molecule has 2 saturated carbocycles. The first kappa shape index (κ1) is 81.3. The molecule has 1 unspecified atom stereocenters. The average Bonchev–Trinajstić information content (AvgIpc) is 1.48. The highest BCUT2D eigenvalue weighted by molar-refractivity contribution is 6.39. The number of aliphatic hydroxyl groups is 2. The Morgan fingerprint density at radius 3 is 2.14 bits per heavy atom. The van der Waals surface area contributed by atoms with Crippen molar-refractivity contribution < 1.29 is 105 Å². The zero-order chi connectivity index (χ0) is 75.7. The molecule has 0 radical (unpaired) electrons. The van der Waals surface area contributed by atoms with Gasteiger partial charge in [-0.3, -0.25) is 38.4 Å². The number of hydrogen-bond acceptors (Lipinski definition) is 22. The Hall–Kier alpha value is -6.76. The fourth-order valence-electron chi connectivity index (χ4n) is 17.9. The number of unbranched alkanes of at least 4 members (excludes halogenated alkanes) is 3. The number of piperidine rings is 1. The van der Waals surface area contributed by atoms with Crippen LogP contribution in [0.15, 0.2) is 69.4 Å². The predicted octanol–water partition coefficient (Wildman–Crippen LogP) is 11.3. The number of allylic oxidation sites excluding steroid dienone is 7. The van der Waals surface area contributed by atoms with Crippen LogP contribution in [0.2, 0.25) is 0 Å². The summed E-state index contributed by atoms with van der Waals surface area (Å²) in [6.07, 6.45) is 14.8. The Kier molecular flexibility index (Phi) is 27.6. The number of ketones is 4. The van der Waals surface area contributed by atoms with Gasteiger partial charge in [0.05, 0.1) is 24.2 Å². The lowest BCUT2D eigenvalue weighted by molar-refractivity contribution is -0.265. The Morgan fingerprint density at radius 2 is 1.47 bits per heavy atom. The van der Waals surface area contributed by atoms with Gasteiger partial charge in [-0.05, 0) is 164 Å². The van der Waals surface area contributed by atoms with Crippen LogP contribution in [0.25, 0.3) is 0 Å². The minimum atomic E-state index is -2.48. The maximum absolute atomic E-state index is 14.7. The third-order valence-corrected chi connectivity index (χ3v) is 24.1. The SMILES string of the molecule is COC[C@H]1OC(=O)c2coc3c2[C@@]1(C)C1=C(C3=O)C2CC[C@H](OC(=O)CCCCCCC(=O)OC3CCC(C[C@@H](C)[C@@H]4CC(=O)[C@H](C)/C=C(\C)[C@@H](O)[C@@H](OC)C(=O)[C@H](C)C[C@H](C)/C=C/C=C/C=C(\C)[C@@H](OC)C[C@@H]5CC[C@@H](C)[C@@](O)(O5)C(=O)C(=O)N5CCCC[C@H]5C(=O)O4)CC3)[C@@]2(C)C[C@H]1OC(C)=O. The van der Waals surface area contributed by atoms with E-state index in [-0.39, 0.29) is 116 Å². The third-order valence-electron chi connectivity index (χ3n) is 24.1. The van der Waals surface area contributed by atoms with E-state index < -0.39 is 125 Å². The number of ether oxygens (including phenoxy) is 9. The van der Waals surface area contributed by atoms with E-state index in [0.29, 0.717) is 125 Å². The van der Waals surface area contributed by atoms with Gasteiger partial charge in [0.1, 0.15) is 66.4 Å². The van der Waals surface area contributed by atoms with E-state index in [0.717, 1.165) is 5.57 Å². The van der Waals surface area contributed by atoms with Crippen molar-refractivity contribution in [2.75, 3.05) is 34.5 Å². The molecule has 0 aromatic carbocycles. The molecule has 1 amide bonds. The van der Waals surface area contributed by atoms with Crippen LogP contribution in [-0.4, -0.2) is 175 Å². The van der Waals surface area contributed by atoms with E-state index in [1.807, 2.05) is 65.0 Å². The summed E-state index contributed by atoms with van der Waals surface area (Å²) in [5.74, 6) is -11.0. The van der Waals surface area contributed by atoms with Crippen molar-refractivity contribution in [1.29, 1.82) is 0 Å². The van der Waals surface area contributed by atoms with Crippen LogP contribution in [0.5, 0.6) is 0 Å². The normalized spacial score (nSPS) is 36.9. The smallest absolute Gasteiger partial charge is 0.342 e. The van der Waals surface area contributed by atoms with Crippen molar-refractivity contribution in [2.45, 2.75) is 283 Å². The van der Waals surface area contributed by atoms with Crippen molar-refractivity contribution >= 4 is 58.9 Å². The highest BCUT2D eigenvalue weighted by atomic mass is 16.6. The number of fused-ring (bicyclic) bond motifs is 6. The van der Waals surface area contributed by atoms with Crippen LogP contribution in [0.3, 0.4) is 0 Å².